The van der Waals surface area contributed by atoms with Crippen LogP contribution in [0.25, 0.3) is 0 Å². The van der Waals surface area contributed by atoms with E-state index in [-0.39, 0.29) is 0 Å². The van der Waals surface area contributed by atoms with E-state index in [1.54, 1.807) is 0 Å². The van der Waals surface area contributed by atoms with Crippen LogP contribution in [-0.2, 0) is 4.74 Å². The van der Waals surface area contributed by atoms with Crippen molar-refractivity contribution in [1.29, 1.82) is 0 Å². The van der Waals surface area contributed by atoms with Gasteiger partial charge in [-0.15, -0.1) is 0 Å². The van der Waals surface area contributed by atoms with Gasteiger partial charge in [0.1, 0.15) is 0 Å². The van der Waals surface area contributed by atoms with E-state index >= 15 is 0 Å². The number of benzene rings is 1. The third kappa shape index (κ3) is 3.30. The molecule has 0 saturated heterocycles. The summed E-state index contributed by atoms with van der Waals surface area (Å²) in [7, 11) is 1.82. The highest BCUT2D eigenvalue weighted by Crippen LogP contribution is 2.24. The lowest BCUT2D eigenvalue weighted by molar-refractivity contribution is 0.106. The van der Waals surface area contributed by atoms with Crippen molar-refractivity contribution in [2.24, 2.45) is 0 Å². The molecule has 1 aromatic carbocycles. The summed E-state index contributed by atoms with van der Waals surface area (Å²) in [6.45, 7) is 4.37. The molecule has 0 bridgehead atoms. The van der Waals surface area contributed by atoms with Crippen molar-refractivity contribution in [2.75, 3.05) is 7.11 Å². The van der Waals surface area contributed by atoms with E-state index in [0.29, 0.717) is 18.2 Å². The zero-order valence-corrected chi connectivity index (χ0v) is 11.1. The van der Waals surface area contributed by atoms with Gasteiger partial charge in [-0.25, -0.2) is 0 Å². The number of hydrogen-bond donors (Lipinski definition) is 1. The van der Waals surface area contributed by atoms with Gasteiger partial charge in [-0.2, -0.15) is 0 Å². The Morgan fingerprint density at radius 3 is 2.53 bits per heavy atom. The molecule has 0 radical (unpaired) electrons. The summed E-state index contributed by atoms with van der Waals surface area (Å²) >= 11 is 0. The van der Waals surface area contributed by atoms with Gasteiger partial charge in [0, 0.05) is 19.2 Å². The van der Waals surface area contributed by atoms with E-state index in [4.69, 9.17) is 4.74 Å². The number of nitrogens with one attached hydrogen (secondary N) is 1. The summed E-state index contributed by atoms with van der Waals surface area (Å²) in [6.07, 6.45) is 4.02. The van der Waals surface area contributed by atoms with Crippen LogP contribution in [-0.4, -0.2) is 19.3 Å². The average Bonchev–Trinajstić information content (AvgIpc) is 2.77. The molecule has 1 saturated carbocycles. The van der Waals surface area contributed by atoms with Crippen LogP contribution in [0.5, 0.6) is 0 Å². The van der Waals surface area contributed by atoms with Crippen LogP contribution in [0.15, 0.2) is 24.3 Å². The smallest absolute Gasteiger partial charge is 0.0586 e. The molecule has 1 aliphatic rings. The van der Waals surface area contributed by atoms with Crippen molar-refractivity contribution >= 4 is 0 Å². The van der Waals surface area contributed by atoms with Crippen LogP contribution in [0.3, 0.4) is 0 Å². The lowest BCUT2D eigenvalue weighted by Gasteiger charge is -2.20. The Kier molecular flexibility index (Phi) is 4.19. The molecule has 3 unspecified atom stereocenters. The number of methoxy groups -OCH3 is 1. The maximum atomic E-state index is 5.40. The molecule has 94 valence electrons. The lowest BCUT2D eigenvalue weighted by Crippen LogP contribution is -2.29. The van der Waals surface area contributed by atoms with Gasteiger partial charge in [0.05, 0.1) is 6.10 Å². The minimum atomic E-state index is 0.427. The van der Waals surface area contributed by atoms with Gasteiger partial charge in [0.15, 0.2) is 0 Å². The first-order valence-corrected chi connectivity index (χ1v) is 6.54. The second kappa shape index (κ2) is 5.65. The highest BCUT2D eigenvalue weighted by atomic mass is 16.5. The van der Waals surface area contributed by atoms with E-state index in [1.165, 1.54) is 24.0 Å². The summed E-state index contributed by atoms with van der Waals surface area (Å²) in [4.78, 5) is 0. The molecule has 1 fully saturated rings. The molecule has 1 aliphatic carbocycles. The molecule has 1 aromatic rings. The largest absolute Gasteiger partial charge is 0.381 e. The lowest BCUT2D eigenvalue weighted by atomic mass is 10.1. The molecule has 0 aliphatic heterocycles. The summed E-state index contributed by atoms with van der Waals surface area (Å²) in [5.74, 6) is 0. The molecule has 0 spiro atoms. The maximum Gasteiger partial charge on any atom is 0.0586 e. The van der Waals surface area contributed by atoms with Crippen LogP contribution < -0.4 is 5.32 Å². The van der Waals surface area contributed by atoms with Crippen molar-refractivity contribution in [3.8, 4) is 0 Å². The van der Waals surface area contributed by atoms with Gasteiger partial charge < -0.3 is 10.1 Å². The fourth-order valence-electron chi connectivity index (χ4n) is 2.61. The van der Waals surface area contributed by atoms with Crippen molar-refractivity contribution in [2.45, 2.75) is 51.3 Å². The van der Waals surface area contributed by atoms with Crippen LogP contribution >= 0.6 is 0 Å². The van der Waals surface area contributed by atoms with Crippen molar-refractivity contribution in [1.82, 2.24) is 5.32 Å². The average molecular weight is 233 g/mol. The topological polar surface area (TPSA) is 21.3 Å². The second-order valence-electron chi connectivity index (χ2n) is 5.17. The summed E-state index contributed by atoms with van der Waals surface area (Å²) in [5.41, 5.74) is 2.69. The first kappa shape index (κ1) is 12.6. The fraction of sp³-hybridized carbons (Fsp3) is 0.600. The normalized spacial score (nSPS) is 26.1. The van der Waals surface area contributed by atoms with E-state index in [1.807, 2.05) is 7.11 Å². The van der Waals surface area contributed by atoms with Crippen LogP contribution in [0, 0.1) is 6.92 Å². The molecule has 2 rings (SSSR count). The predicted molar refractivity (Wildman–Crippen MR) is 71.2 cm³/mol. The molecule has 0 amide bonds. The minimum absolute atomic E-state index is 0.427. The molecule has 0 aromatic heterocycles. The Morgan fingerprint density at radius 2 is 1.94 bits per heavy atom. The zero-order chi connectivity index (χ0) is 12.3. The molecule has 1 N–H and O–H groups in total. The van der Waals surface area contributed by atoms with Gasteiger partial charge in [0.2, 0.25) is 0 Å². The highest BCUT2D eigenvalue weighted by molar-refractivity contribution is 5.23. The third-order valence-electron chi connectivity index (χ3n) is 3.78. The van der Waals surface area contributed by atoms with E-state index in [2.05, 4.69) is 43.4 Å². The molecular formula is C15H23NO. The molecule has 3 atom stereocenters. The van der Waals surface area contributed by atoms with Crippen molar-refractivity contribution in [3.05, 3.63) is 35.4 Å². The Hall–Kier alpha value is -0.860. The Labute approximate surface area is 104 Å². The summed E-state index contributed by atoms with van der Waals surface area (Å²) in [5, 5.41) is 3.70. The van der Waals surface area contributed by atoms with Gasteiger partial charge in [-0.05, 0) is 38.7 Å². The molecule has 2 nitrogen and oxygen atoms in total. The minimum Gasteiger partial charge on any atom is -0.381 e. The number of hydrogen-bond acceptors (Lipinski definition) is 2. The van der Waals surface area contributed by atoms with Crippen molar-refractivity contribution < 1.29 is 4.74 Å². The highest BCUT2D eigenvalue weighted by Gasteiger charge is 2.25. The van der Waals surface area contributed by atoms with Gasteiger partial charge in [-0.1, -0.05) is 29.8 Å². The summed E-state index contributed by atoms with van der Waals surface area (Å²) in [6, 6.07) is 9.83. The van der Waals surface area contributed by atoms with Crippen LogP contribution in [0.1, 0.15) is 43.4 Å². The molecule has 17 heavy (non-hydrogen) atoms. The Balaban J connectivity index is 1.89. The number of aryl methyl sites for hydroxylation is 1. The maximum absolute atomic E-state index is 5.40. The Bertz CT molecular complexity index is 346. The van der Waals surface area contributed by atoms with Gasteiger partial charge >= 0.3 is 0 Å². The fourth-order valence-corrected chi connectivity index (χ4v) is 2.61. The monoisotopic (exact) mass is 233 g/mol. The molecule has 2 heteroatoms. The molecular weight excluding hydrogens is 210 g/mol. The zero-order valence-electron chi connectivity index (χ0n) is 11.1. The quantitative estimate of drug-likeness (QED) is 0.862. The SMILES string of the molecule is COC1CCC(NC(C)c2ccc(C)cc2)C1. The number of ether oxygens (including phenoxy) is 1. The predicted octanol–water partition coefficient (Wildman–Crippen LogP) is 3.21. The van der Waals surface area contributed by atoms with E-state index in [0.717, 1.165) is 6.42 Å². The van der Waals surface area contributed by atoms with Gasteiger partial charge in [-0.3, -0.25) is 0 Å². The van der Waals surface area contributed by atoms with Crippen molar-refractivity contribution in [3.63, 3.8) is 0 Å². The first-order chi connectivity index (χ1) is 8.19. The standard InChI is InChI=1S/C15H23NO/c1-11-4-6-13(7-5-11)12(2)16-14-8-9-15(10-14)17-3/h4-7,12,14-16H,8-10H2,1-3H3. The van der Waals surface area contributed by atoms with Crippen LogP contribution in [0.2, 0.25) is 0 Å². The van der Waals surface area contributed by atoms with E-state index in [9.17, 15) is 0 Å². The van der Waals surface area contributed by atoms with E-state index < -0.39 is 0 Å². The Morgan fingerprint density at radius 1 is 1.24 bits per heavy atom. The number of rotatable bonds is 4. The summed E-state index contributed by atoms with van der Waals surface area (Å²) < 4.78 is 5.40. The molecule has 0 heterocycles. The second-order valence-corrected chi connectivity index (χ2v) is 5.17. The first-order valence-electron chi connectivity index (χ1n) is 6.54. The van der Waals surface area contributed by atoms with Crippen LogP contribution in [0.4, 0.5) is 0 Å². The third-order valence-corrected chi connectivity index (χ3v) is 3.78. The van der Waals surface area contributed by atoms with Gasteiger partial charge in [0.25, 0.3) is 0 Å².